The van der Waals surface area contributed by atoms with Gasteiger partial charge in [-0.25, -0.2) is 4.79 Å². The van der Waals surface area contributed by atoms with Gasteiger partial charge in [-0.05, 0) is 42.4 Å². The first-order valence-corrected chi connectivity index (χ1v) is 10.8. The molecule has 4 amide bonds. The molecule has 1 fully saturated rings. The number of rotatable bonds is 8. The molecule has 1 aliphatic heterocycles. The summed E-state index contributed by atoms with van der Waals surface area (Å²) in [5.74, 6) is -0.187. The SMILES string of the molecule is CC[C@]1(c2ccccc2)NC(=O)N(CC(=O)N[C@H](C)c2ccc(CC(C)C)cc2)C1=O. The fourth-order valence-corrected chi connectivity index (χ4v) is 4.06. The summed E-state index contributed by atoms with van der Waals surface area (Å²) in [6.45, 7) is 7.78. The first-order chi connectivity index (χ1) is 14.8. The Balaban J connectivity index is 1.66. The Morgan fingerprint density at radius 2 is 1.68 bits per heavy atom. The normalized spacial score (nSPS) is 19.5. The third kappa shape index (κ3) is 4.79. The lowest BCUT2D eigenvalue weighted by molar-refractivity contribution is -0.135. The second-order valence-corrected chi connectivity index (χ2v) is 8.58. The van der Waals surface area contributed by atoms with Crippen molar-refractivity contribution in [2.24, 2.45) is 5.92 Å². The van der Waals surface area contributed by atoms with Gasteiger partial charge in [-0.3, -0.25) is 14.5 Å². The van der Waals surface area contributed by atoms with Gasteiger partial charge in [0.25, 0.3) is 5.91 Å². The van der Waals surface area contributed by atoms with Crippen LogP contribution in [-0.2, 0) is 21.5 Å². The second-order valence-electron chi connectivity index (χ2n) is 8.58. The zero-order valence-corrected chi connectivity index (χ0v) is 18.6. The quantitative estimate of drug-likeness (QED) is 0.634. The number of amides is 4. The number of nitrogens with one attached hydrogen (secondary N) is 2. The summed E-state index contributed by atoms with van der Waals surface area (Å²) in [7, 11) is 0. The first-order valence-electron chi connectivity index (χ1n) is 10.8. The molecule has 2 aromatic rings. The minimum Gasteiger partial charge on any atom is -0.348 e. The molecule has 1 heterocycles. The van der Waals surface area contributed by atoms with Crippen LogP contribution in [0.4, 0.5) is 4.79 Å². The van der Waals surface area contributed by atoms with Crippen LogP contribution in [-0.4, -0.2) is 29.3 Å². The predicted octanol–water partition coefficient (Wildman–Crippen LogP) is 3.92. The van der Waals surface area contributed by atoms with Crippen LogP contribution in [0.25, 0.3) is 0 Å². The molecule has 2 N–H and O–H groups in total. The Morgan fingerprint density at radius 1 is 1.03 bits per heavy atom. The standard InChI is InChI=1S/C25H31N3O3/c1-5-25(21-9-7-6-8-10-21)23(30)28(24(31)27-25)16-22(29)26-18(4)20-13-11-19(12-14-20)15-17(2)3/h6-14,17-18H,5,15-16H2,1-4H3,(H,26,29)(H,27,31)/t18-,25-/m1/s1. The summed E-state index contributed by atoms with van der Waals surface area (Å²) in [5, 5.41) is 5.70. The molecule has 2 aromatic carbocycles. The van der Waals surface area contributed by atoms with Crippen molar-refractivity contribution in [2.45, 2.75) is 52.1 Å². The van der Waals surface area contributed by atoms with E-state index in [9.17, 15) is 14.4 Å². The van der Waals surface area contributed by atoms with E-state index in [0.717, 1.165) is 16.9 Å². The molecular weight excluding hydrogens is 390 g/mol. The van der Waals surface area contributed by atoms with Crippen LogP contribution in [0.2, 0.25) is 0 Å². The highest BCUT2D eigenvalue weighted by molar-refractivity contribution is 6.09. The Kier molecular flexibility index (Phi) is 6.78. The van der Waals surface area contributed by atoms with E-state index in [0.29, 0.717) is 17.9 Å². The smallest absolute Gasteiger partial charge is 0.325 e. The molecule has 1 aliphatic rings. The van der Waals surface area contributed by atoms with Crippen molar-refractivity contribution in [3.05, 3.63) is 71.3 Å². The zero-order chi connectivity index (χ0) is 22.6. The lowest BCUT2D eigenvalue weighted by Gasteiger charge is -2.25. The monoisotopic (exact) mass is 421 g/mol. The summed E-state index contributed by atoms with van der Waals surface area (Å²) in [6, 6.07) is 16.5. The minimum absolute atomic E-state index is 0.230. The number of imide groups is 1. The molecule has 6 nitrogen and oxygen atoms in total. The molecule has 0 spiro atoms. The fraction of sp³-hybridized carbons (Fsp3) is 0.400. The molecule has 3 rings (SSSR count). The molecule has 164 valence electrons. The Morgan fingerprint density at radius 3 is 2.26 bits per heavy atom. The molecule has 0 saturated carbocycles. The highest BCUT2D eigenvalue weighted by Crippen LogP contribution is 2.32. The Labute approximate surface area is 184 Å². The van der Waals surface area contributed by atoms with Crippen molar-refractivity contribution < 1.29 is 14.4 Å². The van der Waals surface area contributed by atoms with Crippen LogP contribution in [0.1, 0.15) is 56.8 Å². The first kappa shape index (κ1) is 22.5. The second kappa shape index (κ2) is 9.33. The minimum atomic E-state index is -1.13. The molecular formula is C25H31N3O3. The summed E-state index contributed by atoms with van der Waals surface area (Å²) in [4.78, 5) is 39.4. The number of hydrogen-bond acceptors (Lipinski definition) is 3. The van der Waals surface area contributed by atoms with E-state index < -0.39 is 17.5 Å². The van der Waals surface area contributed by atoms with Gasteiger partial charge in [0, 0.05) is 0 Å². The fourth-order valence-electron chi connectivity index (χ4n) is 4.06. The largest absolute Gasteiger partial charge is 0.348 e. The van der Waals surface area contributed by atoms with E-state index in [1.165, 1.54) is 5.56 Å². The van der Waals surface area contributed by atoms with Gasteiger partial charge in [0.1, 0.15) is 12.1 Å². The van der Waals surface area contributed by atoms with Crippen LogP contribution in [0, 0.1) is 5.92 Å². The Hall–Kier alpha value is -3.15. The van der Waals surface area contributed by atoms with E-state index in [2.05, 4.69) is 36.6 Å². The topological polar surface area (TPSA) is 78.5 Å². The molecule has 0 aliphatic carbocycles. The maximum atomic E-state index is 13.1. The van der Waals surface area contributed by atoms with E-state index in [4.69, 9.17) is 0 Å². The zero-order valence-electron chi connectivity index (χ0n) is 18.6. The summed E-state index contributed by atoms with van der Waals surface area (Å²) < 4.78 is 0. The number of benzene rings is 2. The molecule has 0 unspecified atom stereocenters. The van der Waals surface area contributed by atoms with Crippen molar-refractivity contribution in [3.8, 4) is 0 Å². The third-order valence-corrected chi connectivity index (χ3v) is 5.78. The van der Waals surface area contributed by atoms with Gasteiger partial charge in [-0.1, -0.05) is 75.4 Å². The van der Waals surface area contributed by atoms with Crippen molar-refractivity contribution in [2.75, 3.05) is 6.54 Å². The summed E-state index contributed by atoms with van der Waals surface area (Å²) >= 11 is 0. The highest BCUT2D eigenvalue weighted by Gasteiger charge is 2.51. The van der Waals surface area contributed by atoms with E-state index in [-0.39, 0.29) is 18.5 Å². The number of hydrogen-bond donors (Lipinski definition) is 2. The molecule has 0 aromatic heterocycles. The van der Waals surface area contributed by atoms with Crippen molar-refractivity contribution in [3.63, 3.8) is 0 Å². The predicted molar refractivity (Wildman–Crippen MR) is 120 cm³/mol. The van der Waals surface area contributed by atoms with Crippen LogP contribution >= 0.6 is 0 Å². The van der Waals surface area contributed by atoms with Gasteiger partial charge in [-0.2, -0.15) is 0 Å². The molecule has 31 heavy (non-hydrogen) atoms. The molecule has 1 saturated heterocycles. The molecule has 2 atom stereocenters. The number of nitrogens with zero attached hydrogens (tertiary/aromatic N) is 1. The molecule has 0 bridgehead atoms. The maximum absolute atomic E-state index is 13.1. The van der Waals surface area contributed by atoms with Gasteiger partial charge in [-0.15, -0.1) is 0 Å². The highest BCUT2D eigenvalue weighted by atomic mass is 16.2. The number of carbonyl (C=O) groups excluding carboxylic acids is 3. The lowest BCUT2D eigenvalue weighted by Crippen LogP contribution is -2.45. The van der Waals surface area contributed by atoms with Gasteiger partial charge < -0.3 is 10.6 Å². The number of carbonyl (C=O) groups is 3. The van der Waals surface area contributed by atoms with Crippen LogP contribution < -0.4 is 10.6 Å². The van der Waals surface area contributed by atoms with E-state index in [1.807, 2.05) is 56.3 Å². The maximum Gasteiger partial charge on any atom is 0.325 e. The van der Waals surface area contributed by atoms with Gasteiger partial charge >= 0.3 is 6.03 Å². The molecule has 6 heteroatoms. The van der Waals surface area contributed by atoms with Crippen molar-refractivity contribution in [1.82, 2.24) is 15.5 Å². The van der Waals surface area contributed by atoms with Crippen LogP contribution in [0.3, 0.4) is 0 Å². The van der Waals surface area contributed by atoms with Gasteiger partial charge in [0.15, 0.2) is 0 Å². The third-order valence-electron chi connectivity index (χ3n) is 5.78. The van der Waals surface area contributed by atoms with Crippen LogP contribution in [0.5, 0.6) is 0 Å². The van der Waals surface area contributed by atoms with Crippen LogP contribution in [0.15, 0.2) is 54.6 Å². The molecule has 0 radical (unpaired) electrons. The summed E-state index contributed by atoms with van der Waals surface area (Å²) in [5.41, 5.74) is 1.82. The van der Waals surface area contributed by atoms with E-state index in [1.54, 1.807) is 0 Å². The lowest BCUT2D eigenvalue weighted by atomic mass is 9.87. The van der Waals surface area contributed by atoms with Gasteiger partial charge in [0.05, 0.1) is 6.04 Å². The average molecular weight is 422 g/mol. The van der Waals surface area contributed by atoms with Crippen molar-refractivity contribution in [1.29, 1.82) is 0 Å². The summed E-state index contributed by atoms with van der Waals surface area (Å²) in [6.07, 6.45) is 1.41. The number of urea groups is 1. The van der Waals surface area contributed by atoms with Crippen molar-refractivity contribution >= 4 is 17.8 Å². The van der Waals surface area contributed by atoms with E-state index >= 15 is 0 Å². The Bertz CT molecular complexity index is 940. The van der Waals surface area contributed by atoms with Gasteiger partial charge in [0.2, 0.25) is 5.91 Å². The average Bonchev–Trinajstić information content (AvgIpc) is 2.99.